The molecule has 9 nitrogen and oxygen atoms in total. The van der Waals surface area contributed by atoms with Gasteiger partial charge in [0.15, 0.2) is 5.69 Å². The van der Waals surface area contributed by atoms with Gasteiger partial charge in [0, 0.05) is 50.0 Å². The summed E-state index contributed by atoms with van der Waals surface area (Å²) in [7, 11) is 5.58. The Kier molecular flexibility index (Phi) is 8.11. The summed E-state index contributed by atoms with van der Waals surface area (Å²) in [5.41, 5.74) is 3.19. The molecule has 3 heterocycles. The molecular weight excluding hydrogens is 398 g/mol. The number of likely N-dealkylation sites (tertiary alicyclic amines) is 1. The van der Waals surface area contributed by atoms with E-state index in [0.717, 1.165) is 35.5 Å². The lowest BCUT2D eigenvalue weighted by molar-refractivity contribution is 0.0602. The van der Waals surface area contributed by atoms with E-state index in [0.29, 0.717) is 50.9 Å². The van der Waals surface area contributed by atoms with Crippen molar-refractivity contribution in [2.24, 2.45) is 0 Å². The van der Waals surface area contributed by atoms with E-state index in [1.54, 1.807) is 7.11 Å². The number of aryl methyl sites for hydroxylation is 2. The molecule has 1 saturated heterocycles. The number of hydrogen-bond acceptors (Lipinski definition) is 8. The zero-order chi connectivity index (χ0) is 22.4. The topological polar surface area (TPSA) is 93.8 Å². The molecule has 0 radical (unpaired) electrons. The standard InChI is InChI=1S/C22H33N5O4/c1-15-19(13-26(3)4)21(25-31-15)22(28)27-8-6-7-17(12-27)20-18(11-23-16(2)24-20)14-30-10-9-29-5/h11,17H,6-10,12-14H2,1-5H3. The lowest BCUT2D eigenvalue weighted by Crippen LogP contribution is -2.40. The molecule has 1 aliphatic heterocycles. The second-order valence-electron chi connectivity index (χ2n) is 8.27. The summed E-state index contributed by atoms with van der Waals surface area (Å²) in [5.74, 6) is 1.46. The maximum atomic E-state index is 13.3. The van der Waals surface area contributed by atoms with Gasteiger partial charge in [0.1, 0.15) is 11.6 Å². The van der Waals surface area contributed by atoms with Crippen LogP contribution in [0.5, 0.6) is 0 Å². The van der Waals surface area contributed by atoms with Crippen LogP contribution >= 0.6 is 0 Å². The van der Waals surface area contributed by atoms with Crippen LogP contribution in [0.4, 0.5) is 0 Å². The summed E-state index contributed by atoms with van der Waals surface area (Å²) in [4.78, 5) is 26.3. The second-order valence-corrected chi connectivity index (χ2v) is 8.27. The van der Waals surface area contributed by atoms with Gasteiger partial charge >= 0.3 is 0 Å². The quantitative estimate of drug-likeness (QED) is 0.559. The molecule has 0 aromatic carbocycles. The maximum Gasteiger partial charge on any atom is 0.276 e. The molecule has 0 spiro atoms. The van der Waals surface area contributed by atoms with Crippen molar-refractivity contribution in [2.45, 2.75) is 45.8 Å². The molecule has 0 aliphatic carbocycles. The molecule has 1 unspecified atom stereocenters. The second kappa shape index (κ2) is 10.8. The molecule has 3 rings (SSSR count). The van der Waals surface area contributed by atoms with E-state index < -0.39 is 0 Å². The Balaban J connectivity index is 1.77. The number of amides is 1. The minimum Gasteiger partial charge on any atom is -0.382 e. The van der Waals surface area contributed by atoms with Gasteiger partial charge in [-0.15, -0.1) is 0 Å². The minimum atomic E-state index is -0.0814. The highest BCUT2D eigenvalue weighted by atomic mass is 16.5. The van der Waals surface area contributed by atoms with Gasteiger partial charge in [0.05, 0.1) is 25.5 Å². The molecule has 0 N–H and O–H groups in total. The molecule has 1 fully saturated rings. The normalized spacial score (nSPS) is 16.8. The number of hydrogen-bond donors (Lipinski definition) is 0. The van der Waals surface area contributed by atoms with Crippen LogP contribution in [0.3, 0.4) is 0 Å². The Morgan fingerprint density at radius 3 is 2.87 bits per heavy atom. The molecule has 1 amide bonds. The third kappa shape index (κ3) is 5.87. The Bertz CT molecular complexity index is 883. The van der Waals surface area contributed by atoms with Crippen LogP contribution in [-0.4, -0.2) is 78.3 Å². The lowest BCUT2D eigenvalue weighted by Gasteiger charge is -2.33. The first-order valence-corrected chi connectivity index (χ1v) is 10.7. The van der Waals surface area contributed by atoms with Crippen molar-refractivity contribution in [3.05, 3.63) is 40.3 Å². The molecular formula is C22H33N5O4. The third-order valence-corrected chi connectivity index (χ3v) is 5.46. The Morgan fingerprint density at radius 1 is 1.32 bits per heavy atom. The highest BCUT2D eigenvalue weighted by molar-refractivity contribution is 5.94. The summed E-state index contributed by atoms with van der Waals surface area (Å²) in [6, 6.07) is 0. The molecule has 31 heavy (non-hydrogen) atoms. The summed E-state index contributed by atoms with van der Waals surface area (Å²) < 4.78 is 16.1. The van der Waals surface area contributed by atoms with Gasteiger partial charge < -0.3 is 23.8 Å². The number of carbonyl (C=O) groups excluding carboxylic acids is 1. The minimum absolute atomic E-state index is 0.0814. The summed E-state index contributed by atoms with van der Waals surface area (Å²) in [6.45, 7) is 7.12. The van der Waals surface area contributed by atoms with Gasteiger partial charge in [-0.3, -0.25) is 4.79 Å². The van der Waals surface area contributed by atoms with Crippen molar-refractivity contribution in [3.8, 4) is 0 Å². The number of ether oxygens (including phenoxy) is 2. The lowest BCUT2D eigenvalue weighted by atomic mass is 9.91. The van der Waals surface area contributed by atoms with Crippen LogP contribution in [0.25, 0.3) is 0 Å². The van der Waals surface area contributed by atoms with Crippen LogP contribution in [0.1, 0.15) is 57.7 Å². The molecule has 1 atom stereocenters. The first-order valence-electron chi connectivity index (χ1n) is 10.7. The van der Waals surface area contributed by atoms with E-state index in [1.807, 2.05) is 43.9 Å². The van der Waals surface area contributed by atoms with E-state index in [4.69, 9.17) is 19.0 Å². The summed E-state index contributed by atoms with van der Waals surface area (Å²) >= 11 is 0. The van der Waals surface area contributed by atoms with Crippen LogP contribution in [0.2, 0.25) is 0 Å². The van der Waals surface area contributed by atoms with Gasteiger partial charge in [0.25, 0.3) is 5.91 Å². The first-order chi connectivity index (χ1) is 14.9. The van der Waals surface area contributed by atoms with Crippen molar-refractivity contribution in [1.82, 2.24) is 24.9 Å². The summed E-state index contributed by atoms with van der Waals surface area (Å²) in [5, 5.41) is 4.08. The van der Waals surface area contributed by atoms with Crippen LogP contribution in [0.15, 0.2) is 10.7 Å². The smallest absolute Gasteiger partial charge is 0.276 e. The zero-order valence-corrected chi connectivity index (χ0v) is 19.2. The molecule has 2 aromatic rings. The van der Waals surface area contributed by atoms with Gasteiger partial charge in [0.2, 0.25) is 0 Å². The largest absolute Gasteiger partial charge is 0.382 e. The van der Waals surface area contributed by atoms with Crippen LogP contribution < -0.4 is 0 Å². The maximum absolute atomic E-state index is 13.3. The number of methoxy groups -OCH3 is 1. The number of rotatable bonds is 9. The van der Waals surface area contributed by atoms with Crippen LogP contribution in [-0.2, 0) is 22.6 Å². The molecule has 170 valence electrons. The predicted molar refractivity (Wildman–Crippen MR) is 115 cm³/mol. The Labute approximate surface area is 183 Å². The SMILES string of the molecule is COCCOCc1cnc(C)nc1C1CCCN(C(=O)c2noc(C)c2CN(C)C)C1. The molecule has 9 heteroatoms. The van der Waals surface area contributed by atoms with Crippen LogP contribution in [0, 0.1) is 13.8 Å². The van der Waals surface area contributed by atoms with E-state index >= 15 is 0 Å². The Morgan fingerprint density at radius 2 is 2.13 bits per heavy atom. The average molecular weight is 432 g/mol. The molecule has 1 aliphatic rings. The fourth-order valence-electron chi connectivity index (χ4n) is 3.90. The molecule has 0 saturated carbocycles. The molecule has 2 aromatic heterocycles. The van der Waals surface area contributed by atoms with Gasteiger partial charge in [-0.1, -0.05) is 5.16 Å². The summed E-state index contributed by atoms with van der Waals surface area (Å²) in [6.07, 6.45) is 3.71. The fraction of sp³-hybridized carbons (Fsp3) is 0.636. The van der Waals surface area contributed by atoms with Gasteiger partial charge in [-0.2, -0.15) is 0 Å². The van der Waals surface area contributed by atoms with Crippen molar-refractivity contribution in [3.63, 3.8) is 0 Å². The monoisotopic (exact) mass is 431 g/mol. The number of nitrogens with zero attached hydrogens (tertiary/aromatic N) is 5. The Hall–Kier alpha value is -2.36. The fourth-order valence-corrected chi connectivity index (χ4v) is 3.90. The number of carbonyl (C=O) groups is 1. The highest BCUT2D eigenvalue weighted by Crippen LogP contribution is 2.29. The van der Waals surface area contributed by atoms with E-state index in [-0.39, 0.29) is 11.8 Å². The van der Waals surface area contributed by atoms with Crippen molar-refractivity contribution in [2.75, 3.05) is 47.5 Å². The number of piperidine rings is 1. The highest BCUT2D eigenvalue weighted by Gasteiger charge is 2.31. The third-order valence-electron chi connectivity index (χ3n) is 5.46. The zero-order valence-electron chi connectivity index (χ0n) is 19.2. The number of aromatic nitrogens is 3. The predicted octanol–water partition coefficient (Wildman–Crippen LogP) is 2.33. The first kappa shape index (κ1) is 23.3. The van der Waals surface area contributed by atoms with Crippen molar-refractivity contribution in [1.29, 1.82) is 0 Å². The molecule has 0 bridgehead atoms. The average Bonchev–Trinajstić information content (AvgIpc) is 3.11. The van der Waals surface area contributed by atoms with E-state index in [9.17, 15) is 4.79 Å². The van der Waals surface area contributed by atoms with Gasteiger partial charge in [-0.05, 0) is 40.8 Å². The van der Waals surface area contributed by atoms with E-state index in [2.05, 4.69) is 10.1 Å². The van der Waals surface area contributed by atoms with Crippen molar-refractivity contribution >= 4 is 5.91 Å². The van der Waals surface area contributed by atoms with E-state index in [1.165, 1.54) is 0 Å². The van der Waals surface area contributed by atoms with Crippen molar-refractivity contribution < 1.29 is 18.8 Å². The van der Waals surface area contributed by atoms with Gasteiger partial charge in [-0.25, -0.2) is 9.97 Å².